The Balaban J connectivity index is 1.97. The quantitative estimate of drug-likeness (QED) is 0.229. The number of amides is 1. The highest BCUT2D eigenvalue weighted by Gasteiger charge is 2.47. The molecule has 9 heteroatoms. The Morgan fingerprint density at radius 2 is 1.68 bits per heavy atom. The summed E-state index contributed by atoms with van der Waals surface area (Å²) in [5.74, 6) is -3.68. The van der Waals surface area contributed by atoms with Gasteiger partial charge in [0.25, 0.3) is 11.7 Å². The molecule has 1 fully saturated rings. The zero-order valence-corrected chi connectivity index (χ0v) is 17.6. The lowest BCUT2D eigenvalue weighted by molar-refractivity contribution is -0.137. The number of hydrogen-bond acceptors (Lipinski definition) is 4. The average molecular weight is 471 g/mol. The van der Waals surface area contributed by atoms with E-state index < -0.39 is 46.6 Å². The number of aliphatic hydroxyl groups is 1. The van der Waals surface area contributed by atoms with Crippen molar-refractivity contribution >= 4 is 23.1 Å². The Morgan fingerprint density at radius 1 is 0.971 bits per heavy atom. The second-order valence-corrected chi connectivity index (χ2v) is 7.78. The van der Waals surface area contributed by atoms with Gasteiger partial charge in [-0.15, -0.1) is 0 Å². The van der Waals surface area contributed by atoms with Crippen LogP contribution < -0.4 is 4.90 Å². The number of aryl methyl sites for hydroxylation is 1. The Labute approximate surface area is 191 Å². The molecular formula is C25H17F4NO4. The van der Waals surface area contributed by atoms with Crippen molar-refractivity contribution < 1.29 is 37.4 Å². The van der Waals surface area contributed by atoms with E-state index in [2.05, 4.69) is 0 Å². The Morgan fingerprint density at radius 3 is 2.32 bits per heavy atom. The number of phenolic OH excluding ortho intramolecular Hbond substituents is 1. The van der Waals surface area contributed by atoms with Gasteiger partial charge in [-0.05, 0) is 66.6 Å². The van der Waals surface area contributed by atoms with E-state index in [0.29, 0.717) is 0 Å². The maximum absolute atomic E-state index is 13.7. The highest BCUT2D eigenvalue weighted by Crippen LogP contribution is 2.44. The molecule has 1 amide bonds. The molecule has 0 aromatic heterocycles. The minimum atomic E-state index is -4.70. The molecule has 174 valence electrons. The number of ketones is 1. The van der Waals surface area contributed by atoms with Gasteiger partial charge in [0, 0.05) is 11.3 Å². The van der Waals surface area contributed by atoms with Crippen LogP contribution in [0.25, 0.3) is 5.76 Å². The number of aliphatic hydroxyl groups excluding tert-OH is 1. The molecule has 1 atom stereocenters. The van der Waals surface area contributed by atoms with Crippen LogP contribution in [0.15, 0.2) is 72.3 Å². The summed E-state index contributed by atoms with van der Waals surface area (Å²) in [6.07, 6.45) is -4.70. The van der Waals surface area contributed by atoms with Crippen LogP contribution in [0, 0.1) is 12.7 Å². The summed E-state index contributed by atoms with van der Waals surface area (Å²) in [5.41, 5.74) is -1.26. The van der Waals surface area contributed by atoms with Gasteiger partial charge in [0.2, 0.25) is 0 Å². The van der Waals surface area contributed by atoms with Crippen LogP contribution in [0.1, 0.15) is 28.3 Å². The Bertz CT molecular complexity index is 1350. The standard InChI is InChI=1S/C25H17F4NO4/c1-13-10-15(8-9-19(13)26)22(32)20-21(14-4-2-7-18(31)11-14)30(24(34)23(20)33)17-6-3-5-16(12-17)25(27,28)29/h2-12,21,31-32H,1H3/b22-20+. The SMILES string of the molecule is Cc1cc(/C(O)=C2\C(=O)C(=O)N(c3cccc(C(F)(F)F)c3)C2c2cccc(O)c2)ccc1F. The van der Waals surface area contributed by atoms with Crippen molar-refractivity contribution in [2.45, 2.75) is 19.1 Å². The first-order chi connectivity index (χ1) is 16.0. The zero-order chi connectivity index (χ0) is 24.8. The van der Waals surface area contributed by atoms with E-state index in [1.807, 2.05) is 0 Å². The number of nitrogens with zero attached hydrogens (tertiary/aromatic N) is 1. The normalized spacial score (nSPS) is 17.9. The molecule has 0 aliphatic carbocycles. The van der Waals surface area contributed by atoms with Crippen LogP contribution in [0.2, 0.25) is 0 Å². The minimum absolute atomic E-state index is 0.0473. The number of benzene rings is 3. The van der Waals surface area contributed by atoms with Gasteiger partial charge in [-0.2, -0.15) is 13.2 Å². The van der Waals surface area contributed by atoms with Gasteiger partial charge in [0.05, 0.1) is 17.2 Å². The highest BCUT2D eigenvalue weighted by molar-refractivity contribution is 6.51. The maximum Gasteiger partial charge on any atom is 0.416 e. The van der Waals surface area contributed by atoms with Crippen molar-refractivity contribution in [3.05, 3.63) is 100 Å². The van der Waals surface area contributed by atoms with Gasteiger partial charge >= 0.3 is 6.18 Å². The summed E-state index contributed by atoms with van der Waals surface area (Å²) in [6.45, 7) is 1.44. The predicted molar refractivity (Wildman–Crippen MR) is 115 cm³/mol. The lowest BCUT2D eigenvalue weighted by Crippen LogP contribution is -2.29. The number of Topliss-reactive ketones (excluding diaryl/α,β-unsaturated/α-hetero) is 1. The molecule has 2 N–H and O–H groups in total. The lowest BCUT2D eigenvalue weighted by atomic mass is 9.94. The molecule has 0 spiro atoms. The number of halogens is 4. The Kier molecular flexibility index (Phi) is 5.64. The molecular weight excluding hydrogens is 454 g/mol. The number of carbonyl (C=O) groups excluding carboxylic acids is 2. The van der Waals surface area contributed by atoms with Gasteiger partial charge in [-0.3, -0.25) is 14.5 Å². The van der Waals surface area contributed by atoms with Crippen molar-refractivity contribution in [3.8, 4) is 5.75 Å². The number of aromatic hydroxyl groups is 1. The molecule has 1 aliphatic heterocycles. The maximum atomic E-state index is 13.7. The molecule has 5 nitrogen and oxygen atoms in total. The molecule has 3 aromatic carbocycles. The van der Waals surface area contributed by atoms with E-state index in [4.69, 9.17) is 0 Å². The monoisotopic (exact) mass is 471 g/mol. The number of phenols is 1. The molecule has 0 saturated carbocycles. The second-order valence-electron chi connectivity index (χ2n) is 7.78. The van der Waals surface area contributed by atoms with E-state index in [-0.39, 0.29) is 28.1 Å². The van der Waals surface area contributed by atoms with E-state index in [0.717, 1.165) is 29.2 Å². The van der Waals surface area contributed by atoms with Gasteiger partial charge in [-0.25, -0.2) is 4.39 Å². The number of carbonyl (C=O) groups is 2. The van der Waals surface area contributed by atoms with Crippen molar-refractivity contribution in [1.82, 2.24) is 0 Å². The number of hydrogen-bond donors (Lipinski definition) is 2. The van der Waals surface area contributed by atoms with Crippen molar-refractivity contribution in [1.29, 1.82) is 0 Å². The summed E-state index contributed by atoms with van der Waals surface area (Å²) in [7, 11) is 0. The van der Waals surface area contributed by atoms with Gasteiger partial charge < -0.3 is 10.2 Å². The van der Waals surface area contributed by atoms with Crippen LogP contribution in [-0.2, 0) is 15.8 Å². The molecule has 3 aromatic rings. The number of alkyl halides is 3. The molecule has 0 radical (unpaired) electrons. The Hall–Kier alpha value is -4.14. The fourth-order valence-corrected chi connectivity index (χ4v) is 3.89. The molecule has 1 heterocycles. The first kappa shape index (κ1) is 23.0. The first-order valence-corrected chi connectivity index (χ1v) is 10.0. The topological polar surface area (TPSA) is 77.8 Å². The van der Waals surface area contributed by atoms with E-state index in [9.17, 15) is 37.4 Å². The predicted octanol–water partition coefficient (Wildman–Crippen LogP) is 5.48. The van der Waals surface area contributed by atoms with E-state index in [1.165, 1.54) is 49.4 Å². The molecule has 0 bridgehead atoms. The fraction of sp³-hybridized carbons (Fsp3) is 0.120. The fourth-order valence-electron chi connectivity index (χ4n) is 3.89. The number of anilines is 1. The summed E-state index contributed by atoms with van der Waals surface area (Å²) in [6, 6.07) is 11.6. The van der Waals surface area contributed by atoms with Crippen molar-refractivity contribution in [2.24, 2.45) is 0 Å². The second kappa shape index (κ2) is 8.33. The van der Waals surface area contributed by atoms with E-state index >= 15 is 0 Å². The minimum Gasteiger partial charge on any atom is -0.508 e. The summed E-state index contributed by atoms with van der Waals surface area (Å²) in [5, 5.41) is 21.0. The third kappa shape index (κ3) is 4.00. The average Bonchev–Trinajstić information content (AvgIpc) is 3.05. The van der Waals surface area contributed by atoms with Crippen LogP contribution in [-0.4, -0.2) is 21.9 Å². The van der Waals surface area contributed by atoms with E-state index in [1.54, 1.807) is 0 Å². The zero-order valence-electron chi connectivity index (χ0n) is 17.6. The van der Waals surface area contributed by atoms with Crippen molar-refractivity contribution in [2.75, 3.05) is 4.90 Å². The first-order valence-electron chi connectivity index (χ1n) is 10.0. The molecule has 1 aliphatic rings. The van der Waals surface area contributed by atoms with Crippen LogP contribution in [0.5, 0.6) is 5.75 Å². The third-order valence-electron chi connectivity index (χ3n) is 5.51. The van der Waals surface area contributed by atoms with Crippen LogP contribution >= 0.6 is 0 Å². The smallest absolute Gasteiger partial charge is 0.416 e. The largest absolute Gasteiger partial charge is 0.508 e. The molecule has 1 saturated heterocycles. The highest BCUT2D eigenvalue weighted by atomic mass is 19.4. The molecule has 4 rings (SSSR count). The van der Waals surface area contributed by atoms with Gasteiger partial charge in [0.1, 0.15) is 17.3 Å². The van der Waals surface area contributed by atoms with Crippen molar-refractivity contribution in [3.63, 3.8) is 0 Å². The van der Waals surface area contributed by atoms with Crippen LogP contribution in [0.3, 0.4) is 0 Å². The van der Waals surface area contributed by atoms with Crippen LogP contribution in [0.4, 0.5) is 23.2 Å². The van der Waals surface area contributed by atoms with Gasteiger partial charge in [-0.1, -0.05) is 18.2 Å². The molecule has 1 unspecified atom stereocenters. The lowest BCUT2D eigenvalue weighted by Gasteiger charge is -2.26. The summed E-state index contributed by atoms with van der Waals surface area (Å²) in [4.78, 5) is 26.9. The summed E-state index contributed by atoms with van der Waals surface area (Å²) >= 11 is 0. The number of rotatable bonds is 3. The molecule has 34 heavy (non-hydrogen) atoms. The van der Waals surface area contributed by atoms with Gasteiger partial charge in [0.15, 0.2) is 0 Å². The third-order valence-corrected chi connectivity index (χ3v) is 5.51. The summed E-state index contributed by atoms with van der Waals surface area (Å²) < 4.78 is 53.7.